The molecule has 0 aliphatic carbocycles. The highest BCUT2D eigenvalue weighted by Crippen LogP contribution is 2.40. The van der Waals surface area contributed by atoms with E-state index in [-0.39, 0.29) is 19.6 Å². The number of carbonyl (C=O) groups is 2. The molecule has 0 aromatic carbocycles. The van der Waals surface area contributed by atoms with Crippen LogP contribution in [0.4, 0.5) is 0 Å². The number of nitrogens with zero attached hydrogens (tertiary/aromatic N) is 1. The van der Waals surface area contributed by atoms with Crippen molar-refractivity contribution >= 4 is 11.9 Å². The zero-order chi connectivity index (χ0) is 19.5. The second-order valence-corrected chi connectivity index (χ2v) is 7.58. The zero-order valence-electron chi connectivity index (χ0n) is 16.8. The lowest BCUT2D eigenvalue weighted by molar-refractivity contribution is -0.155. The lowest BCUT2D eigenvalue weighted by Crippen LogP contribution is -2.31. The van der Waals surface area contributed by atoms with Gasteiger partial charge in [-0.3, -0.25) is 9.59 Å². The molecule has 0 fully saturated rings. The third-order valence-corrected chi connectivity index (χ3v) is 4.21. The van der Waals surface area contributed by atoms with Crippen LogP contribution in [0.15, 0.2) is 0 Å². The molecule has 0 saturated heterocycles. The van der Waals surface area contributed by atoms with E-state index in [0.29, 0.717) is 24.7 Å². The maximum absolute atomic E-state index is 12.4. The molecule has 0 saturated carbocycles. The first-order valence-electron chi connectivity index (χ1n) is 9.43. The van der Waals surface area contributed by atoms with Crippen molar-refractivity contribution in [2.24, 2.45) is 23.2 Å². The Hall–Kier alpha value is -1.57. The molecule has 5 nitrogen and oxygen atoms in total. The molecule has 0 spiro atoms. The van der Waals surface area contributed by atoms with Crippen molar-refractivity contribution in [3.63, 3.8) is 0 Å². The Balaban J connectivity index is 5.42. The van der Waals surface area contributed by atoms with Crippen molar-refractivity contribution in [1.82, 2.24) is 0 Å². The molecule has 25 heavy (non-hydrogen) atoms. The van der Waals surface area contributed by atoms with Gasteiger partial charge in [-0.15, -0.1) is 0 Å². The third-order valence-electron chi connectivity index (χ3n) is 4.21. The number of nitriles is 1. The van der Waals surface area contributed by atoms with Gasteiger partial charge < -0.3 is 9.47 Å². The van der Waals surface area contributed by atoms with Crippen LogP contribution >= 0.6 is 0 Å². The van der Waals surface area contributed by atoms with Gasteiger partial charge >= 0.3 is 11.9 Å². The molecule has 144 valence electrons. The van der Waals surface area contributed by atoms with Crippen LogP contribution in [0.5, 0.6) is 0 Å². The molecule has 2 atom stereocenters. The average Bonchev–Trinajstić information content (AvgIpc) is 2.51. The summed E-state index contributed by atoms with van der Waals surface area (Å²) in [7, 11) is 0. The summed E-state index contributed by atoms with van der Waals surface area (Å²) in [6.07, 6.45) is 2.64. The van der Waals surface area contributed by atoms with Crippen molar-refractivity contribution in [1.29, 1.82) is 5.26 Å². The fourth-order valence-electron chi connectivity index (χ4n) is 3.17. The summed E-state index contributed by atoms with van der Waals surface area (Å²) in [5, 5.41) is 9.92. The number of hydrogen-bond donors (Lipinski definition) is 0. The summed E-state index contributed by atoms with van der Waals surface area (Å²) in [6, 6.07) is 2.48. The minimum Gasteiger partial charge on any atom is -0.466 e. The Kier molecular flexibility index (Phi) is 11.1. The smallest absolute Gasteiger partial charge is 0.309 e. The summed E-state index contributed by atoms with van der Waals surface area (Å²) >= 11 is 0. The first-order valence-corrected chi connectivity index (χ1v) is 9.43. The Morgan fingerprint density at radius 3 is 2.04 bits per heavy atom. The number of carbonyl (C=O) groups excluding carboxylic acids is 2. The van der Waals surface area contributed by atoms with Gasteiger partial charge in [-0.25, -0.2) is 0 Å². The van der Waals surface area contributed by atoms with E-state index in [0.717, 1.165) is 12.8 Å². The number of esters is 2. The Morgan fingerprint density at radius 2 is 1.60 bits per heavy atom. The molecule has 0 aliphatic heterocycles. The molecule has 0 rings (SSSR count). The minimum atomic E-state index is -0.635. The van der Waals surface area contributed by atoms with Crippen molar-refractivity contribution in [2.45, 2.75) is 73.6 Å². The van der Waals surface area contributed by atoms with Crippen LogP contribution in [0.25, 0.3) is 0 Å². The Morgan fingerprint density at radius 1 is 1.00 bits per heavy atom. The Labute approximate surface area is 153 Å². The largest absolute Gasteiger partial charge is 0.466 e. The van der Waals surface area contributed by atoms with Crippen molar-refractivity contribution < 1.29 is 19.1 Å². The van der Waals surface area contributed by atoms with E-state index >= 15 is 0 Å². The normalized spacial score (nSPS) is 14.7. The summed E-state index contributed by atoms with van der Waals surface area (Å²) in [5.74, 6) is -0.655. The zero-order valence-corrected chi connectivity index (χ0v) is 16.8. The van der Waals surface area contributed by atoms with E-state index in [1.165, 1.54) is 0 Å². The van der Waals surface area contributed by atoms with Gasteiger partial charge in [-0.2, -0.15) is 5.26 Å². The molecule has 0 aliphatic rings. The van der Waals surface area contributed by atoms with Gasteiger partial charge in [-0.1, -0.05) is 27.7 Å². The van der Waals surface area contributed by atoms with Gasteiger partial charge in [0.25, 0.3) is 0 Å². The first-order chi connectivity index (χ1) is 11.7. The molecule has 0 amide bonds. The highest BCUT2D eigenvalue weighted by Gasteiger charge is 2.38. The topological polar surface area (TPSA) is 76.4 Å². The third kappa shape index (κ3) is 9.48. The van der Waals surface area contributed by atoms with Gasteiger partial charge in [0.1, 0.15) is 0 Å². The SMILES string of the molecule is CCOC(=O)CC(CC(C#N)(CCC(C)C)CC(C)C)C(=O)OCC. The summed E-state index contributed by atoms with van der Waals surface area (Å²) in [4.78, 5) is 24.3. The standard InChI is InChI=1S/C20H35NO4/c1-7-24-18(22)11-17(19(23)25-8-2)13-20(14-21,12-16(5)6)10-9-15(3)4/h15-17H,7-13H2,1-6H3. The summed E-state index contributed by atoms with van der Waals surface area (Å²) in [6.45, 7) is 12.4. The van der Waals surface area contributed by atoms with E-state index in [2.05, 4.69) is 33.8 Å². The van der Waals surface area contributed by atoms with E-state index in [9.17, 15) is 14.9 Å². The average molecular weight is 354 g/mol. The van der Waals surface area contributed by atoms with Crippen LogP contribution in [-0.4, -0.2) is 25.2 Å². The fourth-order valence-corrected chi connectivity index (χ4v) is 3.17. The summed E-state index contributed by atoms with van der Waals surface area (Å²) < 4.78 is 10.1. The van der Waals surface area contributed by atoms with Gasteiger partial charge in [-0.05, 0) is 51.4 Å². The lowest BCUT2D eigenvalue weighted by Gasteiger charge is -2.32. The summed E-state index contributed by atoms with van der Waals surface area (Å²) in [5.41, 5.74) is -0.623. The molecule has 0 aromatic rings. The van der Waals surface area contributed by atoms with Crippen molar-refractivity contribution in [2.75, 3.05) is 13.2 Å². The van der Waals surface area contributed by atoms with Crippen molar-refractivity contribution in [3.05, 3.63) is 0 Å². The van der Waals surface area contributed by atoms with Crippen LogP contribution in [0.1, 0.15) is 73.6 Å². The van der Waals surface area contributed by atoms with Crippen LogP contribution in [0.3, 0.4) is 0 Å². The predicted octanol–water partition coefficient (Wildman–Crippen LogP) is 4.50. The van der Waals surface area contributed by atoms with Crippen LogP contribution in [-0.2, 0) is 19.1 Å². The quantitative estimate of drug-likeness (QED) is 0.483. The second-order valence-electron chi connectivity index (χ2n) is 7.58. The molecule has 5 heteroatoms. The molecule has 0 heterocycles. The molecular formula is C20H35NO4. The molecule has 0 aromatic heterocycles. The minimum absolute atomic E-state index is 0.0319. The van der Waals surface area contributed by atoms with Crippen LogP contribution in [0.2, 0.25) is 0 Å². The maximum atomic E-state index is 12.4. The van der Waals surface area contributed by atoms with Crippen LogP contribution in [0, 0.1) is 34.5 Å². The lowest BCUT2D eigenvalue weighted by atomic mass is 9.70. The maximum Gasteiger partial charge on any atom is 0.309 e. The molecule has 0 N–H and O–H groups in total. The molecule has 0 radical (unpaired) electrons. The van der Waals surface area contributed by atoms with E-state index < -0.39 is 23.3 Å². The Bertz CT molecular complexity index is 453. The number of ether oxygens (including phenoxy) is 2. The molecule has 0 bridgehead atoms. The van der Waals surface area contributed by atoms with E-state index in [1.54, 1.807) is 13.8 Å². The number of rotatable bonds is 12. The molecule has 2 unspecified atom stereocenters. The van der Waals surface area contributed by atoms with Gasteiger partial charge in [0.2, 0.25) is 0 Å². The highest BCUT2D eigenvalue weighted by molar-refractivity contribution is 5.80. The van der Waals surface area contributed by atoms with Crippen LogP contribution < -0.4 is 0 Å². The second kappa shape index (κ2) is 11.9. The van der Waals surface area contributed by atoms with E-state index in [1.807, 2.05) is 0 Å². The number of hydrogen-bond acceptors (Lipinski definition) is 5. The monoisotopic (exact) mass is 353 g/mol. The highest BCUT2D eigenvalue weighted by atomic mass is 16.5. The van der Waals surface area contributed by atoms with Gasteiger partial charge in [0.15, 0.2) is 0 Å². The van der Waals surface area contributed by atoms with Gasteiger partial charge in [0, 0.05) is 0 Å². The van der Waals surface area contributed by atoms with Gasteiger partial charge in [0.05, 0.1) is 37.0 Å². The molecular weight excluding hydrogens is 318 g/mol. The van der Waals surface area contributed by atoms with E-state index in [4.69, 9.17) is 9.47 Å². The fraction of sp³-hybridized carbons (Fsp3) is 0.850. The predicted molar refractivity (Wildman–Crippen MR) is 97.6 cm³/mol. The first kappa shape index (κ1) is 23.4. The van der Waals surface area contributed by atoms with Crippen molar-refractivity contribution in [3.8, 4) is 6.07 Å².